The maximum Gasteiger partial charge on any atom is 0.0673 e. The van der Waals surface area contributed by atoms with Crippen molar-refractivity contribution >= 4 is 0 Å². The van der Waals surface area contributed by atoms with Crippen molar-refractivity contribution in [2.45, 2.75) is 77.7 Å². The minimum Gasteiger partial charge on any atom is -0.390 e. The van der Waals surface area contributed by atoms with Gasteiger partial charge in [-0.1, -0.05) is 52.9 Å². The topological polar surface area (TPSA) is 20.2 Å². The molecule has 1 heteroatoms. The number of aliphatic hydroxyl groups is 1. The van der Waals surface area contributed by atoms with Crippen LogP contribution in [0.25, 0.3) is 0 Å². The summed E-state index contributed by atoms with van der Waals surface area (Å²) in [5.74, 6) is 1.35. The van der Waals surface area contributed by atoms with Gasteiger partial charge in [0.1, 0.15) is 0 Å². The minimum absolute atomic E-state index is 0.350. The second kappa shape index (κ2) is 5.89. The zero-order valence-electron chi connectivity index (χ0n) is 10.8. The van der Waals surface area contributed by atoms with E-state index in [1.54, 1.807) is 0 Å². The van der Waals surface area contributed by atoms with E-state index < -0.39 is 0 Å². The van der Waals surface area contributed by atoms with E-state index in [2.05, 4.69) is 20.8 Å². The minimum atomic E-state index is -0.350. The lowest BCUT2D eigenvalue weighted by molar-refractivity contribution is -0.0276. The molecule has 0 aromatic rings. The molecule has 1 aliphatic carbocycles. The van der Waals surface area contributed by atoms with Gasteiger partial charge in [-0.15, -0.1) is 0 Å². The molecule has 1 saturated carbocycles. The summed E-state index contributed by atoms with van der Waals surface area (Å²) in [6, 6.07) is 0. The molecule has 1 N–H and O–H groups in total. The summed E-state index contributed by atoms with van der Waals surface area (Å²) < 4.78 is 0. The molecular formula is C14H28O. The lowest BCUT2D eigenvalue weighted by atomic mass is 9.80. The zero-order chi connectivity index (χ0) is 11.3. The van der Waals surface area contributed by atoms with Gasteiger partial charge >= 0.3 is 0 Å². The fraction of sp³-hybridized carbons (Fsp3) is 1.00. The fourth-order valence-corrected chi connectivity index (χ4v) is 2.99. The number of rotatable bonds is 4. The quantitative estimate of drug-likeness (QED) is 0.694. The Morgan fingerprint density at radius 2 is 2.00 bits per heavy atom. The molecule has 1 nitrogen and oxygen atoms in total. The van der Waals surface area contributed by atoms with Crippen LogP contribution in [0.15, 0.2) is 0 Å². The van der Waals surface area contributed by atoms with E-state index in [-0.39, 0.29) is 5.60 Å². The first-order chi connectivity index (χ1) is 7.12. The molecule has 0 aliphatic heterocycles. The molecule has 0 radical (unpaired) electrons. The third-order valence-electron chi connectivity index (χ3n) is 4.43. The van der Waals surface area contributed by atoms with E-state index in [0.717, 1.165) is 25.2 Å². The molecule has 1 aliphatic rings. The first-order valence-corrected chi connectivity index (χ1v) is 6.84. The van der Waals surface area contributed by atoms with E-state index in [1.807, 2.05) is 0 Å². The molecule has 0 spiro atoms. The standard InChI is InChI=1S/C14H28O/c1-4-7-13-8-6-10-14(15,11-9-13)12(3)5-2/h12-13,15H,4-11H2,1-3H3. The molecule has 3 atom stereocenters. The summed E-state index contributed by atoms with van der Waals surface area (Å²) in [5.41, 5.74) is -0.350. The summed E-state index contributed by atoms with van der Waals surface area (Å²) in [6.07, 6.45) is 9.64. The van der Waals surface area contributed by atoms with Crippen LogP contribution in [-0.4, -0.2) is 10.7 Å². The third kappa shape index (κ3) is 3.48. The van der Waals surface area contributed by atoms with Crippen molar-refractivity contribution < 1.29 is 5.11 Å². The summed E-state index contributed by atoms with van der Waals surface area (Å²) in [7, 11) is 0. The Hall–Kier alpha value is -0.0400. The van der Waals surface area contributed by atoms with E-state index in [4.69, 9.17) is 0 Å². The smallest absolute Gasteiger partial charge is 0.0673 e. The molecule has 0 amide bonds. The van der Waals surface area contributed by atoms with E-state index in [1.165, 1.54) is 32.1 Å². The highest BCUT2D eigenvalue weighted by atomic mass is 16.3. The van der Waals surface area contributed by atoms with E-state index >= 15 is 0 Å². The Kier molecular flexibility index (Phi) is 5.11. The summed E-state index contributed by atoms with van der Waals surface area (Å²) >= 11 is 0. The van der Waals surface area contributed by atoms with Crippen LogP contribution in [0.3, 0.4) is 0 Å². The molecule has 90 valence electrons. The van der Waals surface area contributed by atoms with Crippen molar-refractivity contribution in [2.75, 3.05) is 0 Å². The average Bonchev–Trinajstić information content (AvgIpc) is 2.42. The molecule has 3 unspecified atom stereocenters. The Balaban J connectivity index is 2.50. The lowest BCUT2D eigenvalue weighted by Crippen LogP contribution is -2.35. The van der Waals surface area contributed by atoms with Gasteiger partial charge in [0, 0.05) is 0 Å². The molecular weight excluding hydrogens is 184 g/mol. The van der Waals surface area contributed by atoms with Gasteiger partial charge < -0.3 is 5.11 Å². The monoisotopic (exact) mass is 212 g/mol. The second-order valence-electron chi connectivity index (χ2n) is 5.50. The van der Waals surface area contributed by atoms with Crippen LogP contribution in [0, 0.1) is 11.8 Å². The molecule has 0 saturated heterocycles. The first kappa shape index (κ1) is 13.0. The van der Waals surface area contributed by atoms with Crippen LogP contribution in [0.2, 0.25) is 0 Å². The van der Waals surface area contributed by atoms with Gasteiger partial charge in [0.25, 0.3) is 0 Å². The number of hydrogen-bond acceptors (Lipinski definition) is 1. The van der Waals surface area contributed by atoms with Crippen molar-refractivity contribution in [1.82, 2.24) is 0 Å². The van der Waals surface area contributed by atoms with Gasteiger partial charge in [-0.3, -0.25) is 0 Å². The third-order valence-corrected chi connectivity index (χ3v) is 4.43. The van der Waals surface area contributed by atoms with Gasteiger partial charge in [0.2, 0.25) is 0 Å². The molecule has 15 heavy (non-hydrogen) atoms. The highest BCUT2D eigenvalue weighted by molar-refractivity contribution is 4.87. The normalized spacial score (nSPS) is 34.8. The van der Waals surface area contributed by atoms with Crippen LogP contribution in [-0.2, 0) is 0 Å². The first-order valence-electron chi connectivity index (χ1n) is 6.84. The van der Waals surface area contributed by atoms with Crippen molar-refractivity contribution in [1.29, 1.82) is 0 Å². The van der Waals surface area contributed by atoms with Gasteiger partial charge in [0.05, 0.1) is 5.60 Å². The SMILES string of the molecule is CCCC1CCCC(O)(C(C)CC)CC1. The van der Waals surface area contributed by atoms with Crippen LogP contribution in [0.5, 0.6) is 0 Å². The van der Waals surface area contributed by atoms with E-state index in [9.17, 15) is 5.11 Å². The molecule has 0 heterocycles. The predicted molar refractivity (Wildman–Crippen MR) is 65.9 cm³/mol. The van der Waals surface area contributed by atoms with Crippen molar-refractivity contribution in [3.63, 3.8) is 0 Å². The Morgan fingerprint density at radius 1 is 1.27 bits per heavy atom. The number of hydrogen-bond donors (Lipinski definition) is 1. The average molecular weight is 212 g/mol. The lowest BCUT2D eigenvalue weighted by Gasteiger charge is -2.33. The molecule has 0 aromatic heterocycles. The summed E-state index contributed by atoms with van der Waals surface area (Å²) in [4.78, 5) is 0. The predicted octanol–water partition coefficient (Wildman–Crippen LogP) is 4.14. The second-order valence-corrected chi connectivity index (χ2v) is 5.50. The van der Waals surface area contributed by atoms with Gasteiger partial charge in [-0.25, -0.2) is 0 Å². The Bertz CT molecular complexity index is 178. The van der Waals surface area contributed by atoms with Crippen molar-refractivity contribution in [2.24, 2.45) is 11.8 Å². The molecule has 0 aromatic carbocycles. The maximum absolute atomic E-state index is 10.6. The van der Waals surface area contributed by atoms with Crippen LogP contribution < -0.4 is 0 Å². The molecule has 1 rings (SSSR count). The largest absolute Gasteiger partial charge is 0.390 e. The van der Waals surface area contributed by atoms with Crippen LogP contribution in [0.1, 0.15) is 72.1 Å². The zero-order valence-corrected chi connectivity index (χ0v) is 10.8. The van der Waals surface area contributed by atoms with Crippen LogP contribution >= 0.6 is 0 Å². The highest BCUT2D eigenvalue weighted by Gasteiger charge is 2.34. The Morgan fingerprint density at radius 3 is 2.60 bits per heavy atom. The molecule has 1 fully saturated rings. The summed E-state index contributed by atoms with van der Waals surface area (Å²) in [5, 5.41) is 10.6. The van der Waals surface area contributed by atoms with Gasteiger partial charge in [0.15, 0.2) is 0 Å². The van der Waals surface area contributed by atoms with Crippen molar-refractivity contribution in [3.8, 4) is 0 Å². The van der Waals surface area contributed by atoms with Crippen LogP contribution in [0.4, 0.5) is 0 Å². The summed E-state index contributed by atoms with van der Waals surface area (Å²) in [6.45, 7) is 6.67. The van der Waals surface area contributed by atoms with Gasteiger partial charge in [-0.05, 0) is 31.1 Å². The van der Waals surface area contributed by atoms with Crippen molar-refractivity contribution in [3.05, 3.63) is 0 Å². The van der Waals surface area contributed by atoms with Gasteiger partial charge in [-0.2, -0.15) is 0 Å². The molecule has 0 bridgehead atoms. The fourth-order valence-electron chi connectivity index (χ4n) is 2.99. The Labute approximate surface area is 95.3 Å². The van der Waals surface area contributed by atoms with E-state index in [0.29, 0.717) is 5.92 Å². The highest BCUT2D eigenvalue weighted by Crippen LogP contribution is 2.37. The maximum atomic E-state index is 10.6.